The van der Waals surface area contributed by atoms with E-state index in [2.05, 4.69) is 41.6 Å². The highest BCUT2D eigenvalue weighted by atomic mass is 33.2. The maximum absolute atomic E-state index is 10.9. The second-order valence-electron chi connectivity index (χ2n) is 4.32. The quantitative estimate of drug-likeness (QED) is 0.419. The summed E-state index contributed by atoms with van der Waals surface area (Å²) in [6.45, 7) is 1.48. The Labute approximate surface area is 130 Å². The number of nitrogens with one attached hydrogen (secondary N) is 1. The third kappa shape index (κ3) is 8.74. The Hall–Kier alpha value is 0.0400. The predicted octanol–water partition coefficient (Wildman–Crippen LogP) is 4.42. The van der Waals surface area contributed by atoms with Crippen LogP contribution >= 0.6 is 28.2 Å². The molecule has 1 amide bonds. The van der Waals surface area contributed by atoms with Crippen LogP contribution in [-0.4, -0.2) is 11.7 Å². The van der Waals surface area contributed by atoms with E-state index in [1.165, 1.54) is 25.3 Å². The number of hydrogen-bond donors (Lipinski definition) is 2. The van der Waals surface area contributed by atoms with Crippen LogP contribution in [0.4, 0.5) is 0 Å². The van der Waals surface area contributed by atoms with Crippen LogP contribution in [0.25, 0.3) is 0 Å². The molecule has 0 aliphatic heterocycles. The second-order valence-corrected chi connectivity index (χ2v) is 14.4. The number of carbonyl (C=O) groups is 1. The van der Waals surface area contributed by atoms with E-state index < -0.39 is 4.59 Å². The Morgan fingerprint density at radius 3 is 2.63 bits per heavy atom. The van der Waals surface area contributed by atoms with Crippen LogP contribution < -0.4 is 5.09 Å². The van der Waals surface area contributed by atoms with Gasteiger partial charge in [0.1, 0.15) is 4.59 Å². The number of hydrogen-bond acceptors (Lipinski definition) is 3. The molecule has 1 unspecified atom stereocenters. The molecule has 0 aromatic heterocycles. The van der Waals surface area contributed by atoms with Crippen molar-refractivity contribution in [2.75, 3.05) is 5.75 Å². The summed E-state index contributed by atoms with van der Waals surface area (Å²) in [6.07, 6.45) is 4.63. The van der Waals surface area contributed by atoms with Crippen molar-refractivity contribution in [1.29, 1.82) is 0 Å². The Morgan fingerprint density at radius 2 is 2.00 bits per heavy atom. The van der Waals surface area contributed by atoms with Crippen LogP contribution in [0.5, 0.6) is 0 Å². The fourth-order valence-electron chi connectivity index (χ4n) is 1.67. The SMILES string of the molecule is CC(=O)NP(=S)(S)SCCCCCc1ccccc1. The van der Waals surface area contributed by atoms with Crippen molar-refractivity contribution >= 4 is 45.9 Å². The first kappa shape index (κ1) is 17.1. The van der Waals surface area contributed by atoms with Gasteiger partial charge in [0.2, 0.25) is 5.91 Å². The van der Waals surface area contributed by atoms with Crippen LogP contribution in [0.15, 0.2) is 30.3 Å². The van der Waals surface area contributed by atoms with Gasteiger partial charge in [-0.2, -0.15) is 0 Å². The maximum Gasteiger partial charge on any atom is 0.221 e. The Balaban J connectivity index is 2.08. The molecule has 1 N–H and O–H groups in total. The molecule has 0 saturated heterocycles. The van der Waals surface area contributed by atoms with Gasteiger partial charge in [-0.05, 0) is 24.8 Å². The lowest BCUT2D eigenvalue weighted by molar-refractivity contribution is -0.117. The molecule has 1 aromatic carbocycles. The standard InChI is InChI=1S/C13H20NOPS3/c1-12(15)14-16(17,18)19-11-7-3-6-10-13-8-4-2-5-9-13/h2,4-5,8-9H,3,6-7,10-11H2,1H3,(H2,14,15,17,18). The molecule has 2 nitrogen and oxygen atoms in total. The molecule has 106 valence electrons. The topological polar surface area (TPSA) is 29.1 Å². The van der Waals surface area contributed by atoms with Gasteiger partial charge in [-0.3, -0.25) is 4.79 Å². The number of amides is 1. The summed E-state index contributed by atoms with van der Waals surface area (Å²) in [5.74, 6) is 0.880. The van der Waals surface area contributed by atoms with Gasteiger partial charge in [0.15, 0.2) is 0 Å². The van der Waals surface area contributed by atoms with Crippen molar-refractivity contribution in [3.05, 3.63) is 35.9 Å². The number of carbonyl (C=O) groups excluding carboxylic acids is 1. The van der Waals surface area contributed by atoms with Crippen LogP contribution in [0.2, 0.25) is 0 Å². The summed E-state index contributed by atoms with van der Waals surface area (Å²) in [7, 11) is 0. The molecule has 1 aromatic rings. The van der Waals surface area contributed by atoms with Crippen molar-refractivity contribution in [3.63, 3.8) is 0 Å². The number of unbranched alkanes of at least 4 members (excludes halogenated alkanes) is 2. The number of rotatable bonds is 8. The number of aryl methyl sites for hydroxylation is 1. The fourth-order valence-corrected chi connectivity index (χ4v) is 6.64. The minimum absolute atomic E-state index is 0.0880. The van der Waals surface area contributed by atoms with Gasteiger partial charge < -0.3 is 5.09 Å². The lowest BCUT2D eigenvalue weighted by atomic mass is 10.1. The summed E-state index contributed by atoms with van der Waals surface area (Å²) in [6, 6.07) is 10.5. The van der Waals surface area contributed by atoms with Crippen molar-refractivity contribution in [2.24, 2.45) is 0 Å². The zero-order valence-corrected chi connectivity index (χ0v) is 14.5. The lowest BCUT2D eigenvalue weighted by Crippen LogP contribution is -2.12. The Bertz CT molecular complexity index is 439. The molecule has 0 heterocycles. The summed E-state index contributed by atoms with van der Waals surface area (Å²) in [4.78, 5) is 10.9. The normalized spacial score (nSPS) is 13.8. The average Bonchev–Trinajstić information content (AvgIpc) is 2.33. The van der Waals surface area contributed by atoms with Crippen molar-refractivity contribution < 1.29 is 4.79 Å². The van der Waals surface area contributed by atoms with Crippen molar-refractivity contribution in [2.45, 2.75) is 32.6 Å². The molecule has 0 radical (unpaired) electrons. The molecular weight excluding hydrogens is 313 g/mol. The molecule has 0 spiro atoms. The van der Waals surface area contributed by atoms with Gasteiger partial charge in [-0.25, -0.2) is 0 Å². The van der Waals surface area contributed by atoms with E-state index in [9.17, 15) is 4.79 Å². The first-order chi connectivity index (χ1) is 8.99. The molecule has 1 atom stereocenters. The summed E-state index contributed by atoms with van der Waals surface area (Å²) >= 11 is 11.3. The lowest BCUT2D eigenvalue weighted by Gasteiger charge is -2.15. The molecule has 0 bridgehead atoms. The maximum atomic E-state index is 10.9. The molecule has 19 heavy (non-hydrogen) atoms. The van der Waals surface area contributed by atoms with E-state index in [1.807, 2.05) is 6.07 Å². The first-order valence-electron chi connectivity index (χ1n) is 6.30. The molecule has 6 heteroatoms. The van der Waals surface area contributed by atoms with Gasteiger partial charge in [0, 0.05) is 12.7 Å². The molecule has 0 aliphatic rings. The fraction of sp³-hybridized carbons (Fsp3) is 0.462. The van der Waals surface area contributed by atoms with E-state index in [0.717, 1.165) is 18.6 Å². The monoisotopic (exact) mass is 333 g/mol. The number of thiol groups is 1. The largest absolute Gasteiger partial charge is 0.313 e. The smallest absolute Gasteiger partial charge is 0.221 e. The molecular formula is C13H20NOPS3. The first-order valence-corrected chi connectivity index (χ1v) is 11.8. The third-order valence-electron chi connectivity index (χ3n) is 2.52. The molecule has 1 rings (SSSR count). The van der Waals surface area contributed by atoms with Crippen LogP contribution in [-0.2, 0) is 23.0 Å². The van der Waals surface area contributed by atoms with Crippen LogP contribution in [0, 0.1) is 0 Å². The van der Waals surface area contributed by atoms with Gasteiger partial charge in [0.25, 0.3) is 0 Å². The van der Waals surface area contributed by atoms with E-state index in [4.69, 9.17) is 11.8 Å². The highest BCUT2D eigenvalue weighted by Crippen LogP contribution is 2.59. The van der Waals surface area contributed by atoms with E-state index in [0.29, 0.717) is 0 Å². The highest BCUT2D eigenvalue weighted by Gasteiger charge is 2.12. The summed E-state index contributed by atoms with van der Waals surface area (Å²) in [5.41, 5.74) is 1.40. The van der Waals surface area contributed by atoms with E-state index in [-0.39, 0.29) is 5.91 Å². The second kappa shape index (κ2) is 9.06. The van der Waals surface area contributed by atoms with E-state index in [1.54, 1.807) is 11.4 Å². The summed E-state index contributed by atoms with van der Waals surface area (Å²) in [5, 5.41) is 2.75. The average molecular weight is 333 g/mol. The Morgan fingerprint density at radius 1 is 1.32 bits per heavy atom. The molecule has 0 saturated carbocycles. The van der Waals surface area contributed by atoms with Crippen molar-refractivity contribution in [3.8, 4) is 0 Å². The highest BCUT2D eigenvalue weighted by molar-refractivity contribution is 8.96. The van der Waals surface area contributed by atoms with Crippen LogP contribution in [0.1, 0.15) is 31.7 Å². The van der Waals surface area contributed by atoms with Crippen molar-refractivity contribution in [1.82, 2.24) is 5.09 Å². The van der Waals surface area contributed by atoms with Gasteiger partial charge >= 0.3 is 0 Å². The minimum Gasteiger partial charge on any atom is -0.313 e. The molecule has 0 fully saturated rings. The van der Waals surface area contributed by atoms with E-state index >= 15 is 0 Å². The minimum atomic E-state index is -2.01. The van der Waals surface area contributed by atoms with Crippen LogP contribution in [0.3, 0.4) is 0 Å². The Kier molecular flexibility index (Phi) is 8.15. The van der Waals surface area contributed by atoms with Gasteiger partial charge in [0.05, 0.1) is 0 Å². The number of benzene rings is 1. The zero-order valence-electron chi connectivity index (χ0n) is 11.0. The predicted molar refractivity (Wildman–Crippen MR) is 93.5 cm³/mol. The third-order valence-corrected chi connectivity index (χ3v) is 8.37. The molecule has 0 aliphatic carbocycles. The van der Waals surface area contributed by atoms with Gasteiger partial charge in [-0.15, -0.1) is 12.2 Å². The zero-order chi connectivity index (χ0) is 14.1. The van der Waals surface area contributed by atoms with Gasteiger partial charge in [-0.1, -0.05) is 59.9 Å². The summed E-state index contributed by atoms with van der Waals surface area (Å²) < 4.78 is -2.01.